The molecule has 58 heavy (non-hydrogen) atoms. The molecule has 11 heteroatoms. The smallest absolute Gasteiger partial charge is 0.410 e. The maximum absolute atomic E-state index is 14.8. The minimum Gasteiger partial charge on any atom is -0.459 e. The van der Waals surface area contributed by atoms with E-state index in [9.17, 15) is 19.2 Å². The van der Waals surface area contributed by atoms with Crippen LogP contribution in [0.15, 0.2) is 121 Å². The van der Waals surface area contributed by atoms with E-state index in [0.29, 0.717) is 5.56 Å². The Hall–Kier alpha value is -5.68. The number of carbonyl (C=O) groups excluding carboxylic acids is 4. The summed E-state index contributed by atoms with van der Waals surface area (Å²) in [7, 11) is 0. The van der Waals surface area contributed by atoms with Crippen LogP contribution in [0.3, 0.4) is 0 Å². The third kappa shape index (κ3) is 13.8. The molecule has 4 aromatic carbocycles. The van der Waals surface area contributed by atoms with E-state index in [-0.39, 0.29) is 32.3 Å². The lowest BCUT2D eigenvalue weighted by molar-refractivity contribution is -0.153. The largest absolute Gasteiger partial charge is 0.459 e. The zero-order chi connectivity index (χ0) is 42.3. The molecule has 0 saturated carbocycles. The van der Waals surface area contributed by atoms with E-state index in [1.54, 1.807) is 20.8 Å². The Bertz CT molecular complexity index is 1800. The van der Waals surface area contributed by atoms with E-state index < -0.39 is 59.3 Å². The van der Waals surface area contributed by atoms with E-state index in [4.69, 9.17) is 18.9 Å². The van der Waals surface area contributed by atoms with Crippen LogP contribution >= 0.6 is 0 Å². The molecule has 0 aromatic heterocycles. The van der Waals surface area contributed by atoms with Crippen LogP contribution in [0.1, 0.15) is 84.1 Å². The molecule has 2 N–H and O–H groups in total. The SMILES string of the molecule is CC(C)COC(=O)N(CC(COC(C)(C)C)NC(=O)OC(C)(C)C)C(CC(=O)NC(c1ccccc1)(c1ccccc1)c1ccccc1)C(=O)OCc1ccccc1. The number of rotatable bonds is 17. The second-order valence-electron chi connectivity index (χ2n) is 16.6. The molecule has 0 radical (unpaired) electrons. The van der Waals surface area contributed by atoms with Crippen molar-refractivity contribution in [2.75, 3.05) is 19.8 Å². The summed E-state index contributed by atoms with van der Waals surface area (Å²) < 4.78 is 23.3. The highest BCUT2D eigenvalue weighted by Gasteiger charge is 2.41. The van der Waals surface area contributed by atoms with Gasteiger partial charge in [-0.05, 0) is 69.7 Å². The van der Waals surface area contributed by atoms with Gasteiger partial charge in [-0.2, -0.15) is 0 Å². The monoisotopic (exact) mass is 793 g/mol. The second-order valence-corrected chi connectivity index (χ2v) is 16.6. The van der Waals surface area contributed by atoms with Crippen LogP contribution in [0.5, 0.6) is 0 Å². The number of esters is 1. The van der Waals surface area contributed by atoms with Crippen molar-refractivity contribution in [2.24, 2.45) is 5.92 Å². The topological polar surface area (TPSA) is 132 Å². The Balaban J connectivity index is 1.82. The molecule has 0 aliphatic rings. The van der Waals surface area contributed by atoms with Gasteiger partial charge in [-0.3, -0.25) is 9.69 Å². The van der Waals surface area contributed by atoms with Crippen molar-refractivity contribution in [3.8, 4) is 0 Å². The molecule has 0 aliphatic heterocycles. The fraction of sp³-hybridized carbons (Fsp3) is 0.404. The summed E-state index contributed by atoms with van der Waals surface area (Å²) in [6.45, 7) is 14.1. The number of hydrogen-bond acceptors (Lipinski definition) is 8. The molecule has 0 heterocycles. The third-order valence-electron chi connectivity index (χ3n) is 8.83. The summed E-state index contributed by atoms with van der Waals surface area (Å²) in [5.74, 6) is -1.43. The molecule has 11 nitrogen and oxygen atoms in total. The van der Waals surface area contributed by atoms with Crippen molar-refractivity contribution in [2.45, 2.75) is 97.2 Å². The predicted molar refractivity (Wildman–Crippen MR) is 224 cm³/mol. The van der Waals surface area contributed by atoms with Gasteiger partial charge < -0.3 is 29.6 Å². The van der Waals surface area contributed by atoms with Gasteiger partial charge in [-0.1, -0.05) is 135 Å². The van der Waals surface area contributed by atoms with Gasteiger partial charge in [-0.15, -0.1) is 0 Å². The van der Waals surface area contributed by atoms with Crippen LogP contribution < -0.4 is 10.6 Å². The van der Waals surface area contributed by atoms with E-state index >= 15 is 0 Å². The highest BCUT2D eigenvalue weighted by molar-refractivity contribution is 5.89. The number of nitrogens with one attached hydrogen (secondary N) is 2. The van der Waals surface area contributed by atoms with Crippen LogP contribution in [0, 0.1) is 5.92 Å². The first kappa shape index (κ1) is 45.0. The van der Waals surface area contributed by atoms with E-state index in [1.807, 2.05) is 156 Å². The number of amides is 3. The van der Waals surface area contributed by atoms with Gasteiger partial charge in [0, 0.05) is 6.54 Å². The van der Waals surface area contributed by atoms with Crippen molar-refractivity contribution >= 4 is 24.1 Å². The normalized spacial score (nSPS) is 12.8. The number of nitrogens with zero attached hydrogens (tertiary/aromatic N) is 1. The van der Waals surface area contributed by atoms with Crippen LogP contribution in [-0.2, 0) is 40.7 Å². The Morgan fingerprint density at radius 2 is 1.12 bits per heavy atom. The van der Waals surface area contributed by atoms with Crippen LogP contribution in [-0.4, -0.2) is 72.0 Å². The number of alkyl carbamates (subject to hydrolysis) is 1. The van der Waals surface area contributed by atoms with E-state index in [0.717, 1.165) is 21.6 Å². The lowest BCUT2D eigenvalue weighted by Gasteiger charge is -2.38. The lowest BCUT2D eigenvalue weighted by atomic mass is 9.77. The Kier molecular flexibility index (Phi) is 16.0. The van der Waals surface area contributed by atoms with Crippen molar-refractivity contribution in [1.29, 1.82) is 0 Å². The molecular weight excluding hydrogens is 735 g/mol. The third-order valence-corrected chi connectivity index (χ3v) is 8.83. The Morgan fingerprint density at radius 3 is 1.57 bits per heavy atom. The summed E-state index contributed by atoms with van der Waals surface area (Å²) in [5.41, 5.74) is 0.394. The standard InChI is InChI=1S/C47H59N3O8/c1-34(2)31-56-44(54)50(30-39(33-57-45(3,4)5)48-43(53)58-46(6,7)8)40(42(52)55-32-35-21-13-9-14-22-35)29-41(51)49-47(36-23-15-10-16-24-36,37-25-17-11-18-26-37)38-27-19-12-20-28-38/h9-28,34,39-40H,29-33H2,1-8H3,(H,48,53)(H,49,51). The first-order valence-corrected chi connectivity index (χ1v) is 19.7. The van der Waals surface area contributed by atoms with Crippen molar-refractivity contribution < 1.29 is 38.1 Å². The second kappa shape index (κ2) is 20.7. The highest BCUT2D eigenvalue weighted by atomic mass is 16.6. The lowest BCUT2D eigenvalue weighted by Crippen LogP contribution is -2.56. The van der Waals surface area contributed by atoms with Gasteiger partial charge in [0.1, 0.15) is 23.8 Å². The first-order chi connectivity index (χ1) is 27.5. The predicted octanol–water partition coefficient (Wildman–Crippen LogP) is 8.40. The molecule has 0 saturated heterocycles. The quantitative estimate of drug-likeness (QED) is 0.0619. The molecule has 0 aliphatic carbocycles. The molecule has 3 amide bonds. The summed E-state index contributed by atoms with van der Waals surface area (Å²) in [4.78, 5) is 57.8. The Morgan fingerprint density at radius 1 is 0.638 bits per heavy atom. The average molecular weight is 794 g/mol. The molecule has 0 spiro atoms. The summed E-state index contributed by atoms with van der Waals surface area (Å²) in [6.07, 6.45) is -2.13. The summed E-state index contributed by atoms with van der Waals surface area (Å²) >= 11 is 0. The molecule has 4 rings (SSSR count). The average Bonchev–Trinajstić information content (AvgIpc) is 3.18. The highest BCUT2D eigenvalue weighted by Crippen LogP contribution is 2.37. The van der Waals surface area contributed by atoms with Crippen LogP contribution in [0.4, 0.5) is 9.59 Å². The fourth-order valence-electron chi connectivity index (χ4n) is 6.21. The molecule has 0 fully saturated rings. The molecule has 310 valence electrons. The molecule has 2 unspecified atom stereocenters. The number of ether oxygens (including phenoxy) is 4. The maximum atomic E-state index is 14.8. The van der Waals surface area contributed by atoms with Gasteiger partial charge in [0.2, 0.25) is 5.91 Å². The summed E-state index contributed by atoms with van der Waals surface area (Å²) in [6, 6.07) is 35.4. The van der Waals surface area contributed by atoms with Gasteiger partial charge in [0.25, 0.3) is 0 Å². The van der Waals surface area contributed by atoms with Crippen molar-refractivity contribution in [1.82, 2.24) is 15.5 Å². The van der Waals surface area contributed by atoms with Gasteiger partial charge in [0.05, 0.1) is 31.3 Å². The Labute approximate surface area is 343 Å². The van der Waals surface area contributed by atoms with Crippen molar-refractivity contribution in [3.63, 3.8) is 0 Å². The molecule has 0 bridgehead atoms. The zero-order valence-corrected chi connectivity index (χ0v) is 35.0. The number of hydrogen-bond donors (Lipinski definition) is 2. The zero-order valence-electron chi connectivity index (χ0n) is 35.0. The van der Waals surface area contributed by atoms with Gasteiger partial charge in [-0.25, -0.2) is 14.4 Å². The molecule has 4 aromatic rings. The number of carbonyl (C=O) groups is 4. The van der Waals surface area contributed by atoms with Gasteiger partial charge in [0.15, 0.2) is 0 Å². The van der Waals surface area contributed by atoms with Crippen LogP contribution in [0.25, 0.3) is 0 Å². The fourth-order valence-corrected chi connectivity index (χ4v) is 6.21. The maximum Gasteiger partial charge on any atom is 0.410 e. The minimum atomic E-state index is -1.50. The molecular formula is C47H59N3O8. The van der Waals surface area contributed by atoms with Gasteiger partial charge >= 0.3 is 18.2 Å². The molecule has 2 atom stereocenters. The van der Waals surface area contributed by atoms with Crippen molar-refractivity contribution in [3.05, 3.63) is 144 Å². The van der Waals surface area contributed by atoms with E-state index in [1.165, 1.54) is 0 Å². The minimum absolute atomic E-state index is 0.0368. The van der Waals surface area contributed by atoms with E-state index in [2.05, 4.69) is 10.6 Å². The number of benzene rings is 4. The van der Waals surface area contributed by atoms with Crippen LogP contribution in [0.2, 0.25) is 0 Å². The first-order valence-electron chi connectivity index (χ1n) is 19.7. The summed E-state index contributed by atoms with van der Waals surface area (Å²) in [5, 5.41) is 6.11.